The molecule has 0 unspecified atom stereocenters. The molecule has 6 heteroatoms. The number of hydrogen-bond acceptors (Lipinski definition) is 4. The van der Waals surface area contributed by atoms with Gasteiger partial charge in [-0.15, -0.1) is 0 Å². The molecule has 0 bridgehead atoms. The quantitative estimate of drug-likeness (QED) is 0.392. The van der Waals surface area contributed by atoms with Crippen LogP contribution < -0.4 is 0 Å². The molecular formula is C28H25ClN4O. The first-order chi connectivity index (χ1) is 16.7. The molecule has 4 aromatic rings. The average molecular weight is 469 g/mol. The second kappa shape index (κ2) is 10.2. The number of rotatable bonds is 5. The van der Waals surface area contributed by atoms with Crippen LogP contribution in [0.1, 0.15) is 15.9 Å². The second-order valence-corrected chi connectivity index (χ2v) is 8.80. The molecule has 0 radical (unpaired) electrons. The highest BCUT2D eigenvalue weighted by Gasteiger charge is 2.24. The largest absolute Gasteiger partial charge is 0.336 e. The van der Waals surface area contributed by atoms with Gasteiger partial charge >= 0.3 is 0 Å². The van der Waals surface area contributed by atoms with Crippen molar-refractivity contribution in [3.05, 3.63) is 101 Å². The molecule has 0 atom stereocenters. The predicted octanol–water partition coefficient (Wildman–Crippen LogP) is 5.42. The minimum Gasteiger partial charge on any atom is -0.336 e. The number of carbonyl (C=O) groups excluding carboxylic acids is 1. The average Bonchev–Trinajstić information content (AvgIpc) is 2.89. The summed E-state index contributed by atoms with van der Waals surface area (Å²) in [6, 6.07) is 21.5. The summed E-state index contributed by atoms with van der Waals surface area (Å²) in [5.41, 5.74) is 4.19. The maximum Gasteiger partial charge on any atom is 0.254 e. The van der Waals surface area contributed by atoms with Gasteiger partial charge in [-0.25, -0.2) is 4.98 Å². The summed E-state index contributed by atoms with van der Waals surface area (Å²) >= 11 is 6.27. The third kappa shape index (κ3) is 5.01. The SMILES string of the molecule is O=C(c1cc(-c2cccnc2)nc2ccc(Cl)cc12)N1CCN(C/C=C/c2ccccc2)CC1. The molecule has 0 saturated carbocycles. The maximum atomic E-state index is 13.6. The molecule has 1 saturated heterocycles. The Bertz CT molecular complexity index is 1320. The number of pyridine rings is 2. The second-order valence-electron chi connectivity index (χ2n) is 8.36. The fourth-order valence-electron chi connectivity index (χ4n) is 4.24. The summed E-state index contributed by atoms with van der Waals surface area (Å²) < 4.78 is 0. The van der Waals surface area contributed by atoms with Crippen LogP contribution in [0.15, 0.2) is 85.2 Å². The fourth-order valence-corrected chi connectivity index (χ4v) is 4.42. The van der Waals surface area contributed by atoms with Gasteiger partial charge in [0.05, 0.1) is 16.8 Å². The van der Waals surface area contributed by atoms with Gasteiger partial charge in [0.15, 0.2) is 0 Å². The van der Waals surface area contributed by atoms with Crippen molar-refractivity contribution in [1.82, 2.24) is 19.8 Å². The minimum atomic E-state index is 0.0132. The van der Waals surface area contributed by atoms with E-state index in [1.807, 2.05) is 53.4 Å². The Labute approximate surface area is 204 Å². The topological polar surface area (TPSA) is 49.3 Å². The molecule has 170 valence electrons. The normalized spacial score (nSPS) is 14.7. The number of fused-ring (bicyclic) bond motifs is 1. The molecule has 5 rings (SSSR count). The molecule has 1 fully saturated rings. The van der Waals surface area contributed by atoms with E-state index in [1.54, 1.807) is 18.5 Å². The smallest absolute Gasteiger partial charge is 0.254 e. The van der Waals surface area contributed by atoms with Crippen LogP contribution >= 0.6 is 11.6 Å². The lowest BCUT2D eigenvalue weighted by Crippen LogP contribution is -2.48. The van der Waals surface area contributed by atoms with Gasteiger partial charge in [-0.3, -0.25) is 14.7 Å². The Balaban J connectivity index is 1.33. The Morgan fingerprint density at radius 3 is 2.56 bits per heavy atom. The van der Waals surface area contributed by atoms with Crippen LogP contribution in [-0.2, 0) is 0 Å². The van der Waals surface area contributed by atoms with E-state index in [0.717, 1.165) is 41.8 Å². The first kappa shape index (κ1) is 22.3. The van der Waals surface area contributed by atoms with E-state index in [2.05, 4.69) is 34.2 Å². The molecule has 0 aliphatic carbocycles. The lowest BCUT2D eigenvalue weighted by atomic mass is 10.0. The zero-order valence-corrected chi connectivity index (χ0v) is 19.5. The van der Waals surface area contributed by atoms with Crippen LogP contribution in [0, 0.1) is 0 Å². The number of amides is 1. The van der Waals surface area contributed by atoms with Gasteiger partial charge in [0, 0.05) is 61.1 Å². The zero-order valence-electron chi connectivity index (χ0n) is 18.8. The van der Waals surface area contributed by atoms with E-state index in [0.29, 0.717) is 23.7 Å². The molecule has 5 nitrogen and oxygen atoms in total. The summed E-state index contributed by atoms with van der Waals surface area (Å²) in [7, 11) is 0. The molecule has 1 aliphatic rings. The molecule has 34 heavy (non-hydrogen) atoms. The van der Waals surface area contributed by atoms with Crippen LogP contribution in [0.3, 0.4) is 0 Å². The Kier molecular flexibility index (Phi) is 6.65. The Hall–Kier alpha value is -3.54. The van der Waals surface area contributed by atoms with Crippen molar-refractivity contribution < 1.29 is 4.79 Å². The van der Waals surface area contributed by atoms with Crippen molar-refractivity contribution in [2.24, 2.45) is 0 Å². The van der Waals surface area contributed by atoms with Crippen molar-refractivity contribution in [1.29, 1.82) is 0 Å². The van der Waals surface area contributed by atoms with Crippen molar-refractivity contribution >= 4 is 34.5 Å². The number of benzene rings is 2. The van der Waals surface area contributed by atoms with Gasteiger partial charge in [0.2, 0.25) is 0 Å². The highest BCUT2D eigenvalue weighted by Crippen LogP contribution is 2.28. The number of hydrogen-bond donors (Lipinski definition) is 0. The highest BCUT2D eigenvalue weighted by atomic mass is 35.5. The van der Waals surface area contributed by atoms with E-state index in [-0.39, 0.29) is 5.91 Å². The monoisotopic (exact) mass is 468 g/mol. The van der Waals surface area contributed by atoms with Crippen molar-refractivity contribution in [3.63, 3.8) is 0 Å². The third-order valence-electron chi connectivity index (χ3n) is 6.09. The van der Waals surface area contributed by atoms with Crippen molar-refractivity contribution in [2.45, 2.75) is 0 Å². The number of aromatic nitrogens is 2. The number of carbonyl (C=O) groups is 1. The van der Waals surface area contributed by atoms with Crippen LogP contribution in [0.4, 0.5) is 0 Å². The van der Waals surface area contributed by atoms with E-state index in [9.17, 15) is 4.79 Å². The maximum absolute atomic E-state index is 13.6. The van der Waals surface area contributed by atoms with E-state index < -0.39 is 0 Å². The zero-order chi connectivity index (χ0) is 23.3. The molecule has 0 N–H and O–H groups in total. The third-order valence-corrected chi connectivity index (χ3v) is 6.33. The van der Waals surface area contributed by atoms with Gasteiger partial charge in [-0.2, -0.15) is 0 Å². The molecule has 2 aromatic heterocycles. The molecule has 0 spiro atoms. The van der Waals surface area contributed by atoms with Gasteiger partial charge in [-0.1, -0.05) is 54.1 Å². The summed E-state index contributed by atoms with van der Waals surface area (Å²) in [5.74, 6) is 0.0132. The molecule has 1 aliphatic heterocycles. The lowest BCUT2D eigenvalue weighted by Gasteiger charge is -2.34. The summed E-state index contributed by atoms with van der Waals surface area (Å²) in [6.45, 7) is 3.92. The number of halogens is 1. The molecular weight excluding hydrogens is 444 g/mol. The van der Waals surface area contributed by atoms with Crippen LogP contribution in [0.2, 0.25) is 5.02 Å². The summed E-state index contributed by atoms with van der Waals surface area (Å²) in [4.78, 5) is 26.9. The Morgan fingerprint density at radius 2 is 1.79 bits per heavy atom. The number of piperazine rings is 1. The van der Waals surface area contributed by atoms with Crippen LogP contribution in [0.5, 0.6) is 0 Å². The van der Waals surface area contributed by atoms with Gasteiger partial charge in [-0.05, 0) is 42.0 Å². The van der Waals surface area contributed by atoms with Crippen LogP contribution in [-0.4, -0.2) is 58.4 Å². The summed E-state index contributed by atoms with van der Waals surface area (Å²) in [6.07, 6.45) is 7.82. The van der Waals surface area contributed by atoms with E-state index in [1.165, 1.54) is 5.56 Å². The predicted molar refractivity (Wildman–Crippen MR) is 138 cm³/mol. The van der Waals surface area contributed by atoms with Crippen molar-refractivity contribution in [3.8, 4) is 11.3 Å². The molecule has 2 aromatic carbocycles. The van der Waals surface area contributed by atoms with Gasteiger partial charge in [0.25, 0.3) is 5.91 Å². The van der Waals surface area contributed by atoms with Gasteiger partial charge < -0.3 is 4.90 Å². The fraction of sp³-hybridized carbons (Fsp3) is 0.179. The standard InChI is InChI=1S/C28H25ClN4O/c29-23-10-11-26-24(18-23)25(19-27(31-26)22-9-4-12-30-20-22)28(34)33-16-14-32(15-17-33)13-5-8-21-6-2-1-3-7-21/h1-12,18-20H,13-17H2/b8-5+. The number of nitrogens with zero attached hydrogens (tertiary/aromatic N) is 4. The lowest BCUT2D eigenvalue weighted by molar-refractivity contribution is 0.0652. The first-order valence-electron chi connectivity index (χ1n) is 11.4. The first-order valence-corrected chi connectivity index (χ1v) is 11.8. The van der Waals surface area contributed by atoms with E-state index >= 15 is 0 Å². The summed E-state index contributed by atoms with van der Waals surface area (Å²) in [5, 5.41) is 1.37. The minimum absolute atomic E-state index is 0.0132. The molecule has 3 heterocycles. The highest BCUT2D eigenvalue weighted by molar-refractivity contribution is 6.31. The Morgan fingerprint density at radius 1 is 0.971 bits per heavy atom. The molecule has 1 amide bonds. The van der Waals surface area contributed by atoms with Crippen molar-refractivity contribution in [2.75, 3.05) is 32.7 Å². The van der Waals surface area contributed by atoms with E-state index in [4.69, 9.17) is 16.6 Å². The van der Waals surface area contributed by atoms with Gasteiger partial charge in [0.1, 0.15) is 0 Å². The van der Waals surface area contributed by atoms with Crippen LogP contribution in [0.25, 0.3) is 28.2 Å².